The fourth-order valence-corrected chi connectivity index (χ4v) is 2.10. The summed E-state index contributed by atoms with van der Waals surface area (Å²) in [6.07, 6.45) is 4.35. The fourth-order valence-electron chi connectivity index (χ4n) is 2.10. The van der Waals surface area contributed by atoms with Crippen molar-refractivity contribution in [3.63, 3.8) is 0 Å². The molecule has 1 atom stereocenters. The van der Waals surface area contributed by atoms with Gasteiger partial charge in [0.1, 0.15) is 6.04 Å². The largest absolute Gasteiger partial charge is 0.480 e. The van der Waals surface area contributed by atoms with E-state index >= 15 is 0 Å². The standard InChI is InChI=1S/C10H20N4O2/c1-7(9(15)16)14(6-13-10(11)12)8-4-2-3-5-8/h7-8H,2-6H2,1H3,(H,15,16)(H4,11,12,13). The van der Waals surface area contributed by atoms with Gasteiger partial charge in [0.25, 0.3) is 0 Å². The maximum absolute atomic E-state index is 11.0. The molecule has 0 amide bonds. The maximum atomic E-state index is 11.0. The van der Waals surface area contributed by atoms with Crippen LogP contribution in [0, 0.1) is 0 Å². The van der Waals surface area contributed by atoms with Gasteiger partial charge in [0.2, 0.25) is 0 Å². The summed E-state index contributed by atoms with van der Waals surface area (Å²) in [5, 5.41) is 9.03. The van der Waals surface area contributed by atoms with E-state index in [-0.39, 0.29) is 18.7 Å². The molecule has 92 valence electrons. The van der Waals surface area contributed by atoms with Gasteiger partial charge in [0, 0.05) is 6.04 Å². The summed E-state index contributed by atoms with van der Waals surface area (Å²) < 4.78 is 0. The number of aliphatic imine (C=N–C) groups is 1. The number of rotatable bonds is 5. The van der Waals surface area contributed by atoms with Crippen molar-refractivity contribution in [1.82, 2.24) is 4.90 Å². The summed E-state index contributed by atoms with van der Waals surface area (Å²) in [4.78, 5) is 16.8. The van der Waals surface area contributed by atoms with E-state index < -0.39 is 12.0 Å². The smallest absolute Gasteiger partial charge is 0.320 e. The highest BCUT2D eigenvalue weighted by atomic mass is 16.4. The molecule has 1 saturated carbocycles. The van der Waals surface area contributed by atoms with Crippen LogP contribution in [0.1, 0.15) is 32.6 Å². The molecule has 0 heterocycles. The first-order valence-electron chi connectivity index (χ1n) is 5.56. The third kappa shape index (κ3) is 3.37. The van der Waals surface area contributed by atoms with Crippen molar-refractivity contribution < 1.29 is 9.90 Å². The Labute approximate surface area is 95.3 Å². The topological polar surface area (TPSA) is 105 Å². The van der Waals surface area contributed by atoms with Crippen LogP contribution < -0.4 is 11.5 Å². The van der Waals surface area contributed by atoms with Gasteiger partial charge < -0.3 is 16.6 Å². The Morgan fingerprint density at radius 2 is 2.06 bits per heavy atom. The number of carboxylic acid groups (broad SMARTS) is 1. The van der Waals surface area contributed by atoms with Gasteiger partial charge in [-0.2, -0.15) is 0 Å². The van der Waals surface area contributed by atoms with Gasteiger partial charge in [-0.25, -0.2) is 4.99 Å². The molecule has 0 aromatic carbocycles. The fraction of sp³-hybridized carbons (Fsp3) is 0.800. The molecule has 1 rings (SSSR count). The van der Waals surface area contributed by atoms with E-state index in [1.54, 1.807) is 6.92 Å². The molecular weight excluding hydrogens is 208 g/mol. The summed E-state index contributed by atoms with van der Waals surface area (Å²) in [7, 11) is 0. The number of hydrogen-bond acceptors (Lipinski definition) is 3. The van der Waals surface area contributed by atoms with Crippen LogP contribution in [0.4, 0.5) is 0 Å². The first kappa shape index (κ1) is 12.8. The molecule has 0 aromatic heterocycles. The molecule has 1 aliphatic carbocycles. The zero-order valence-electron chi connectivity index (χ0n) is 9.59. The van der Waals surface area contributed by atoms with Gasteiger partial charge in [-0.05, 0) is 19.8 Å². The quantitative estimate of drug-likeness (QED) is 0.451. The molecule has 1 unspecified atom stereocenters. The molecule has 5 N–H and O–H groups in total. The molecular formula is C10H20N4O2. The average Bonchev–Trinajstić information content (AvgIpc) is 2.70. The maximum Gasteiger partial charge on any atom is 0.320 e. The van der Waals surface area contributed by atoms with E-state index in [9.17, 15) is 4.79 Å². The first-order chi connectivity index (χ1) is 7.52. The lowest BCUT2D eigenvalue weighted by atomic mass is 10.1. The molecule has 6 heteroatoms. The Bertz CT molecular complexity index is 270. The highest BCUT2D eigenvalue weighted by Gasteiger charge is 2.29. The molecule has 0 radical (unpaired) electrons. The molecule has 16 heavy (non-hydrogen) atoms. The van der Waals surface area contributed by atoms with Crippen molar-refractivity contribution in [2.24, 2.45) is 16.5 Å². The molecule has 0 saturated heterocycles. The number of hydrogen-bond donors (Lipinski definition) is 3. The highest BCUT2D eigenvalue weighted by molar-refractivity contribution is 5.76. The van der Waals surface area contributed by atoms with E-state index in [1.807, 2.05) is 4.90 Å². The van der Waals surface area contributed by atoms with E-state index in [2.05, 4.69) is 4.99 Å². The van der Waals surface area contributed by atoms with Crippen LogP contribution in [-0.4, -0.2) is 40.7 Å². The van der Waals surface area contributed by atoms with Crippen LogP contribution in [-0.2, 0) is 4.79 Å². The Morgan fingerprint density at radius 1 is 1.50 bits per heavy atom. The van der Waals surface area contributed by atoms with E-state index in [1.165, 1.54) is 0 Å². The molecule has 0 spiro atoms. The number of nitrogens with zero attached hydrogens (tertiary/aromatic N) is 2. The minimum absolute atomic E-state index is 0.000542. The monoisotopic (exact) mass is 228 g/mol. The van der Waals surface area contributed by atoms with Gasteiger partial charge in [-0.1, -0.05) is 12.8 Å². The number of carboxylic acids is 1. The Balaban J connectivity index is 2.67. The van der Waals surface area contributed by atoms with E-state index in [4.69, 9.17) is 16.6 Å². The molecule has 0 bridgehead atoms. The number of nitrogens with two attached hydrogens (primary N) is 2. The number of aliphatic carboxylic acids is 1. The lowest BCUT2D eigenvalue weighted by Crippen LogP contribution is -2.45. The van der Waals surface area contributed by atoms with Crippen molar-refractivity contribution in [2.75, 3.05) is 6.67 Å². The van der Waals surface area contributed by atoms with Crippen molar-refractivity contribution >= 4 is 11.9 Å². The second kappa shape index (κ2) is 5.69. The minimum Gasteiger partial charge on any atom is -0.480 e. The van der Waals surface area contributed by atoms with Crippen LogP contribution in [0.5, 0.6) is 0 Å². The van der Waals surface area contributed by atoms with E-state index in [0.717, 1.165) is 25.7 Å². The van der Waals surface area contributed by atoms with Crippen LogP contribution in [0.25, 0.3) is 0 Å². The molecule has 0 aromatic rings. The second-order valence-electron chi connectivity index (χ2n) is 4.19. The molecule has 1 aliphatic rings. The summed E-state index contributed by atoms with van der Waals surface area (Å²) in [6, 6.07) is -0.264. The number of carbonyl (C=O) groups is 1. The van der Waals surface area contributed by atoms with Gasteiger partial charge in [-0.15, -0.1) is 0 Å². The number of guanidine groups is 1. The molecule has 1 fully saturated rings. The zero-order chi connectivity index (χ0) is 12.1. The summed E-state index contributed by atoms with van der Waals surface area (Å²) in [6.45, 7) is 1.93. The lowest BCUT2D eigenvalue weighted by molar-refractivity contribution is -0.143. The van der Waals surface area contributed by atoms with E-state index in [0.29, 0.717) is 0 Å². The van der Waals surface area contributed by atoms with Crippen molar-refractivity contribution in [2.45, 2.75) is 44.7 Å². The van der Waals surface area contributed by atoms with Gasteiger partial charge in [0.15, 0.2) is 5.96 Å². The normalized spacial score (nSPS) is 18.6. The van der Waals surface area contributed by atoms with Crippen LogP contribution >= 0.6 is 0 Å². The van der Waals surface area contributed by atoms with Crippen LogP contribution in [0.2, 0.25) is 0 Å². The van der Waals surface area contributed by atoms with Crippen molar-refractivity contribution in [3.05, 3.63) is 0 Å². The van der Waals surface area contributed by atoms with Crippen molar-refractivity contribution in [3.8, 4) is 0 Å². The van der Waals surface area contributed by atoms with Gasteiger partial charge in [-0.3, -0.25) is 9.69 Å². The minimum atomic E-state index is -0.835. The first-order valence-corrected chi connectivity index (χ1v) is 5.56. The summed E-state index contributed by atoms with van der Waals surface area (Å²) in [5.74, 6) is -0.835. The lowest BCUT2D eigenvalue weighted by Gasteiger charge is -2.30. The zero-order valence-corrected chi connectivity index (χ0v) is 9.59. The Hall–Kier alpha value is -1.30. The summed E-state index contributed by atoms with van der Waals surface area (Å²) in [5.41, 5.74) is 10.5. The second-order valence-corrected chi connectivity index (χ2v) is 4.19. The third-order valence-corrected chi connectivity index (χ3v) is 3.07. The highest BCUT2D eigenvalue weighted by Crippen LogP contribution is 2.25. The summed E-state index contributed by atoms with van der Waals surface area (Å²) >= 11 is 0. The predicted octanol–water partition coefficient (Wildman–Crippen LogP) is -0.0650. The average molecular weight is 228 g/mol. The van der Waals surface area contributed by atoms with Crippen LogP contribution in [0.15, 0.2) is 4.99 Å². The SMILES string of the molecule is CC(C(=O)O)N(CN=C(N)N)C1CCCC1. The van der Waals surface area contributed by atoms with Gasteiger partial charge in [0.05, 0.1) is 6.67 Å². The van der Waals surface area contributed by atoms with Crippen LogP contribution in [0.3, 0.4) is 0 Å². The molecule has 6 nitrogen and oxygen atoms in total. The molecule has 0 aliphatic heterocycles. The Kier molecular flexibility index (Phi) is 4.54. The van der Waals surface area contributed by atoms with Gasteiger partial charge >= 0.3 is 5.97 Å². The predicted molar refractivity (Wildman–Crippen MR) is 61.9 cm³/mol. The Morgan fingerprint density at radius 3 is 2.50 bits per heavy atom. The third-order valence-electron chi connectivity index (χ3n) is 3.07. The van der Waals surface area contributed by atoms with Crippen molar-refractivity contribution in [1.29, 1.82) is 0 Å².